The number of likely N-dealkylation sites (tertiary alicyclic amines) is 1. The van der Waals surface area contributed by atoms with E-state index in [4.69, 9.17) is 0 Å². The summed E-state index contributed by atoms with van der Waals surface area (Å²) in [4.78, 5) is 31.3. The molecule has 5 nitrogen and oxygen atoms in total. The number of allylic oxidation sites excluding steroid dienone is 1. The summed E-state index contributed by atoms with van der Waals surface area (Å²) in [6, 6.07) is 13.8. The third-order valence-corrected chi connectivity index (χ3v) is 7.51. The minimum absolute atomic E-state index is 0.0612. The minimum atomic E-state index is -0.475. The maximum absolute atomic E-state index is 13.9. The number of ketones is 1. The maximum atomic E-state index is 13.9. The fourth-order valence-electron chi connectivity index (χ4n) is 5.88. The number of para-hydroxylation sites is 2. The quantitative estimate of drug-likeness (QED) is 0.619. The first-order chi connectivity index (χ1) is 16.7. The normalized spacial score (nSPS) is 23.8. The number of amides is 1. The van der Waals surface area contributed by atoms with Crippen molar-refractivity contribution in [1.29, 1.82) is 0 Å². The van der Waals surface area contributed by atoms with E-state index in [1.165, 1.54) is 12.1 Å². The number of benzene rings is 2. The van der Waals surface area contributed by atoms with E-state index in [-0.39, 0.29) is 29.5 Å². The molecule has 1 amide bonds. The Kier molecular flexibility index (Phi) is 6.16. The van der Waals surface area contributed by atoms with Crippen LogP contribution in [0, 0.1) is 17.2 Å². The zero-order chi connectivity index (χ0) is 24.7. The number of fused-ring (bicyclic) bond motifs is 1. The van der Waals surface area contributed by atoms with Crippen LogP contribution in [0.15, 0.2) is 59.8 Å². The van der Waals surface area contributed by atoms with Gasteiger partial charge in [0.05, 0.1) is 24.0 Å². The Morgan fingerprint density at radius 3 is 2.60 bits per heavy atom. The maximum Gasteiger partial charge on any atom is 0.242 e. The van der Waals surface area contributed by atoms with Crippen LogP contribution < -0.4 is 10.2 Å². The van der Waals surface area contributed by atoms with Gasteiger partial charge in [0, 0.05) is 30.8 Å². The molecule has 3 aliphatic rings. The number of nitrogens with one attached hydrogen (secondary N) is 1. The van der Waals surface area contributed by atoms with Gasteiger partial charge in [0.15, 0.2) is 5.78 Å². The van der Waals surface area contributed by atoms with Crippen molar-refractivity contribution in [3.8, 4) is 0 Å². The second kappa shape index (κ2) is 9.14. The molecule has 2 aromatic carbocycles. The number of carbonyl (C=O) groups is 2. The number of hydrogen-bond acceptors (Lipinski definition) is 4. The second-order valence-corrected chi connectivity index (χ2v) is 11.1. The summed E-state index contributed by atoms with van der Waals surface area (Å²) in [5, 5.41) is 3.57. The van der Waals surface area contributed by atoms with Gasteiger partial charge in [-0.15, -0.1) is 0 Å². The van der Waals surface area contributed by atoms with Crippen LogP contribution in [0.1, 0.15) is 58.1 Å². The van der Waals surface area contributed by atoms with E-state index in [9.17, 15) is 14.0 Å². The number of rotatable bonds is 3. The van der Waals surface area contributed by atoms with Gasteiger partial charge in [-0.05, 0) is 60.4 Å². The summed E-state index contributed by atoms with van der Waals surface area (Å²) >= 11 is 0. The third-order valence-electron chi connectivity index (χ3n) is 7.51. The van der Waals surface area contributed by atoms with E-state index >= 15 is 0 Å². The van der Waals surface area contributed by atoms with Gasteiger partial charge in [-0.25, -0.2) is 4.39 Å². The molecule has 6 heteroatoms. The number of piperidine rings is 1. The molecule has 35 heavy (non-hydrogen) atoms. The summed E-state index contributed by atoms with van der Waals surface area (Å²) in [5.74, 6) is 0.298. The second-order valence-electron chi connectivity index (χ2n) is 11.1. The van der Waals surface area contributed by atoms with Gasteiger partial charge in [-0.2, -0.15) is 0 Å². The van der Waals surface area contributed by atoms with Crippen LogP contribution in [0.3, 0.4) is 0 Å². The standard InChI is InChI=1S/C29H34FN3O2/c1-19-7-6-14-32(17-19)26(35)18-33-24-9-5-4-8-22(24)31-23-15-29(2,3)16-25(34)27(23)28(33)20-10-12-21(30)13-11-20/h4-5,8-13,19,28,31H,6-7,14-18H2,1-3H3. The van der Waals surface area contributed by atoms with Crippen molar-refractivity contribution in [3.05, 3.63) is 71.2 Å². The molecule has 0 bridgehead atoms. The van der Waals surface area contributed by atoms with Crippen LogP contribution in [-0.4, -0.2) is 36.2 Å². The summed E-state index contributed by atoms with van der Waals surface area (Å²) < 4.78 is 13.9. The molecule has 1 N–H and O–H groups in total. The molecule has 2 unspecified atom stereocenters. The Morgan fingerprint density at radius 2 is 1.86 bits per heavy atom. The molecule has 184 valence electrons. The van der Waals surface area contributed by atoms with Gasteiger partial charge < -0.3 is 15.1 Å². The van der Waals surface area contributed by atoms with Crippen LogP contribution in [0.25, 0.3) is 0 Å². The molecule has 1 fully saturated rings. The highest BCUT2D eigenvalue weighted by atomic mass is 19.1. The van der Waals surface area contributed by atoms with Crippen molar-refractivity contribution < 1.29 is 14.0 Å². The van der Waals surface area contributed by atoms with Crippen molar-refractivity contribution in [2.45, 2.75) is 52.5 Å². The van der Waals surface area contributed by atoms with E-state index < -0.39 is 6.04 Å². The fraction of sp³-hybridized carbons (Fsp3) is 0.448. The highest BCUT2D eigenvalue weighted by molar-refractivity contribution is 6.01. The van der Waals surface area contributed by atoms with Crippen LogP contribution in [0.2, 0.25) is 0 Å². The average Bonchev–Trinajstić information content (AvgIpc) is 2.93. The lowest BCUT2D eigenvalue weighted by atomic mass is 9.73. The first kappa shape index (κ1) is 23.6. The van der Waals surface area contributed by atoms with Crippen molar-refractivity contribution in [2.24, 2.45) is 11.3 Å². The smallest absolute Gasteiger partial charge is 0.242 e. The molecule has 0 saturated carbocycles. The number of Topliss-reactive ketones (excluding diaryl/α,β-unsaturated/α-hetero) is 1. The summed E-state index contributed by atoms with van der Waals surface area (Å²) in [7, 11) is 0. The predicted octanol–water partition coefficient (Wildman–Crippen LogP) is 5.70. The summed E-state index contributed by atoms with van der Waals surface area (Å²) in [5.41, 5.74) is 3.99. The number of halogens is 1. The lowest BCUT2D eigenvalue weighted by Gasteiger charge is -2.39. The zero-order valence-electron chi connectivity index (χ0n) is 20.8. The van der Waals surface area contributed by atoms with E-state index in [1.54, 1.807) is 12.1 Å². The summed E-state index contributed by atoms with van der Waals surface area (Å²) in [6.45, 7) is 8.08. The molecule has 2 heterocycles. The van der Waals surface area contributed by atoms with Gasteiger partial charge in [0.2, 0.25) is 5.91 Å². The summed E-state index contributed by atoms with van der Waals surface area (Å²) in [6.07, 6.45) is 3.31. The molecule has 2 atom stereocenters. The van der Waals surface area contributed by atoms with E-state index in [0.29, 0.717) is 17.9 Å². The molecule has 0 aromatic heterocycles. The van der Waals surface area contributed by atoms with E-state index in [2.05, 4.69) is 31.0 Å². The lowest BCUT2D eigenvalue weighted by molar-refractivity contribution is -0.131. The Balaban J connectivity index is 1.64. The van der Waals surface area contributed by atoms with Gasteiger partial charge in [-0.3, -0.25) is 9.59 Å². The molecule has 1 saturated heterocycles. The van der Waals surface area contributed by atoms with Crippen LogP contribution in [0.5, 0.6) is 0 Å². The molecule has 1 aliphatic carbocycles. The highest BCUT2D eigenvalue weighted by Crippen LogP contribution is 2.48. The first-order valence-electron chi connectivity index (χ1n) is 12.6. The van der Waals surface area contributed by atoms with Gasteiger partial charge in [-0.1, -0.05) is 45.0 Å². The predicted molar refractivity (Wildman–Crippen MR) is 137 cm³/mol. The topological polar surface area (TPSA) is 52.7 Å². The SMILES string of the molecule is CC1CCCN(C(=O)CN2c3ccccc3NC3=C(C(=O)CC(C)(C)C3)C2c2ccc(F)cc2)C1. The van der Waals surface area contributed by atoms with Gasteiger partial charge >= 0.3 is 0 Å². The monoisotopic (exact) mass is 475 g/mol. The molecular formula is C29H34FN3O2. The number of carbonyl (C=O) groups excluding carboxylic acids is 2. The van der Waals surface area contributed by atoms with Gasteiger partial charge in [0.1, 0.15) is 5.82 Å². The van der Waals surface area contributed by atoms with Crippen molar-refractivity contribution in [3.63, 3.8) is 0 Å². The van der Waals surface area contributed by atoms with Crippen LogP contribution in [-0.2, 0) is 9.59 Å². The van der Waals surface area contributed by atoms with Gasteiger partial charge in [0.25, 0.3) is 0 Å². The molecule has 0 spiro atoms. The largest absolute Gasteiger partial charge is 0.357 e. The number of hydrogen-bond donors (Lipinski definition) is 1. The highest BCUT2D eigenvalue weighted by Gasteiger charge is 2.42. The zero-order valence-corrected chi connectivity index (χ0v) is 20.8. The molecular weight excluding hydrogens is 441 g/mol. The first-order valence-corrected chi connectivity index (χ1v) is 12.6. The van der Waals surface area contributed by atoms with Crippen LogP contribution >= 0.6 is 0 Å². The van der Waals surface area contributed by atoms with E-state index in [0.717, 1.165) is 55.0 Å². The van der Waals surface area contributed by atoms with Crippen molar-refractivity contribution in [1.82, 2.24) is 4.90 Å². The van der Waals surface area contributed by atoms with Crippen molar-refractivity contribution in [2.75, 3.05) is 29.9 Å². The Bertz CT molecular complexity index is 1170. The minimum Gasteiger partial charge on any atom is -0.357 e. The Labute approximate surface area is 207 Å². The lowest BCUT2D eigenvalue weighted by Crippen LogP contribution is -2.46. The molecule has 2 aromatic rings. The fourth-order valence-corrected chi connectivity index (χ4v) is 5.88. The molecule has 5 rings (SSSR count). The van der Waals surface area contributed by atoms with Crippen LogP contribution in [0.4, 0.5) is 15.8 Å². The van der Waals surface area contributed by atoms with E-state index in [1.807, 2.05) is 29.2 Å². The Hall–Kier alpha value is -3.15. The Morgan fingerprint density at radius 1 is 1.11 bits per heavy atom. The number of anilines is 2. The molecule has 2 aliphatic heterocycles. The molecule has 0 radical (unpaired) electrons. The average molecular weight is 476 g/mol. The van der Waals surface area contributed by atoms with Crippen molar-refractivity contribution >= 4 is 23.1 Å². The third kappa shape index (κ3) is 4.71. The number of nitrogens with zero attached hydrogens (tertiary/aromatic N) is 2.